The van der Waals surface area contributed by atoms with Crippen molar-refractivity contribution >= 4 is 23.2 Å². The van der Waals surface area contributed by atoms with Gasteiger partial charge >= 0.3 is 5.97 Å². The standard InChI is InChI=1S/C20H20N2O5S/c1-13(23)21-17(14-5-7-16(25-2)8-6-14)10-19(24)27-11-15-12-28-20(22-15)18-4-3-9-26-18/h3-9,12,17H,10-11H2,1-2H3,(H,21,23). The number of rotatable bonds is 8. The van der Waals surface area contributed by atoms with Gasteiger partial charge in [0.05, 0.1) is 31.5 Å². The highest BCUT2D eigenvalue weighted by Crippen LogP contribution is 2.25. The number of carbonyl (C=O) groups is 2. The van der Waals surface area contributed by atoms with Crippen molar-refractivity contribution in [2.45, 2.75) is 26.0 Å². The van der Waals surface area contributed by atoms with E-state index in [-0.39, 0.29) is 18.9 Å². The van der Waals surface area contributed by atoms with E-state index in [0.29, 0.717) is 17.2 Å². The van der Waals surface area contributed by atoms with Gasteiger partial charge in [0.15, 0.2) is 10.8 Å². The Morgan fingerprint density at radius 3 is 2.68 bits per heavy atom. The summed E-state index contributed by atoms with van der Waals surface area (Å²) < 4.78 is 15.8. The SMILES string of the molecule is COc1ccc(C(CC(=O)OCc2csc(-c3ccco3)n2)NC(C)=O)cc1. The first-order valence-electron chi connectivity index (χ1n) is 8.60. The summed E-state index contributed by atoms with van der Waals surface area (Å²) in [7, 11) is 1.58. The van der Waals surface area contributed by atoms with Crippen molar-refractivity contribution in [1.82, 2.24) is 10.3 Å². The number of ether oxygens (including phenoxy) is 2. The number of amides is 1. The third-order valence-electron chi connectivity index (χ3n) is 3.93. The average molecular weight is 400 g/mol. The van der Waals surface area contributed by atoms with Gasteiger partial charge in [-0.25, -0.2) is 4.98 Å². The second-order valence-electron chi connectivity index (χ2n) is 6.01. The molecule has 1 atom stereocenters. The second kappa shape index (κ2) is 9.18. The molecule has 2 heterocycles. The molecule has 0 saturated carbocycles. The molecule has 0 bridgehead atoms. The number of hydrogen-bond acceptors (Lipinski definition) is 7. The number of thiazole rings is 1. The number of nitrogens with one attached hydrogen (secondary N) is 1. The molecule has 7 nitrogen and oxygen atoms in total. The van der Waals surface area contributed by atoms with Crippen LogP contribution in [0.3, 0.4) is 0 Å². The third kappa shape index (κ3) is 5.20. The van der Waals surface area contributed by atoms with Crippen molar-refractivity contribution in [2.75, 3.05) is 7.11 Å². The van der Waals surface area contributed by atoms with Crippen LogP contribution >= 0.6 is 11.3 Å². The maximum atomic E-state index is 12.3. The number of hydrogen-bond donors (Lipinski definition) is 1. The smallest absolute Gasteiger partial charge is 0.308 e. The van der Waals surface area contributed by atoms with E-state index in [4.69, 9.17) is 13.9 Å². The lowest BCUT2D eigenvalue weighted by molar-refractivity contribution is -0.145. The monoisotopic (exact) mass is 400 g/mol. The van der Waals surface area contributed by atoms with Gasteiger partial charge in [0.25, 0.3) is 0 Å². The Kier molecular flexibility index (Phi) is 6.44. The van der Waals surface area contributed by atoms with Gasteiger partial charge in [-0.2, -0.15) is 0 Å². The molecule has 0 fully saturated rings. The largest absolute Gasteiger partial charge is 0.497 e. The lowest BCUT2D eigenvalue weighted by Gasteiger charge is -2.18. The van der Waals surface area contributed by atoms with Crippen LogP contribution in [0.1, 0.15) is 30.6 Å². The van der Waals surface area contributed by atoms with E-state index in [1.165, 1.54) is 18.3 Å². The second-order valence-corrected chi connectivity index (χ2v) is 6.87. The van der Waals surface area contributed by atoms with E-state index < -0.39 is 12.0 Å². The Bertz CT molecular complexity index is 918. The predicted octanol–water partition coefficient (Wildman–Crippen LogP) is 3.72. The molecule has 146 valence electrons. The van der Waals surface area contributed by atoms with Crippen molar-refractivity contribution < 1.29 is 23.5 Å². The number of furan rings is 1. The zero-order valence-corrected chi connectivity index (χ0v) is 16.3. The van der Waals surface area contributed by atoms with Crippen LogP contribution in [0.2, 0.25) is 0 Å². The van der Waals surface area contributed by atoms with Gasteiger partial charge in [-0.15, -0.1) is 11.3 Å². The molecule has 1 aromatic carbocycles. The van der Waals surface area contributed by atoms with Gasteiger partial charge in [0.1, 0.15) is 12.4 Å². The van der Waals surface area contributed by atoms with Crippen LogP contribution in [-0.2, 0) is 20.9 Å². The number of aromatic nitrogens is 1. The van der Waals surface area contributed by atoms with Crippen molar-refractivity contribution in [1.29, 1.82) is 0 Å². The van der Waals surface area contributed by atoms with E-state index in [2.05, 4.69) is 10.3 Å². The Morgan fingerprint density at radius 2 is 2.04 bits per heavy atom. The van der Waals surface area contributed by atoms with Crippen molar-refractivity contribution in [3.05, 3.63) is 59.3 Å². The minimum absolute atomic E-state index is 0.0150. The molecule has 3 rings (SSSR count). The molecule has 3 aromatic rings. The summed E-state index contributed by atoms with van der Waals surface area (Å²) >= 11 is 1.42. The minimum Gasteiger partial charge on any atom is -0.497 e. The number of methoxy groups -OCH3 is 1. The summed E-state index contributed by atoms with van der Waals surface area (Å²) in [6.07, 6.45) is 1.60. The molecule has 0 aliphatic rings. The highest BCUT2D eigenvalue weighted by Gasteiger charge is 2.19. The van der Waals surface area contributed by atoms with E-state index in [1.807, 2.05) is 23.6 Å². The van der Waals surface area contributed by atoms with Gasteiger partial charge in [0.2, 0.25) is 5.91 Å². The molecule has 0 radical (unpaired) electrons. The zero-order chi connectivity index (χ0) is 19.9. The van der Waals surface area contributed by atoms with Crippen LogP contribution in [0.25, 0.3) is 10.8 Å². The van der Waals surface area contributed by atoms with Crippen LogP contribution in [0, 0.1) is 0 Å². The first kappa shape index (κ1) is 19.6. The topological polar surface area (TPSA) is 90.7 Å². The van der Waals surface area contributed by atoms with E-state index >= 15 is 0 Å². The lowest BCUT2D eigenvalue weighted by atomic mass is 10.0. The summed E-state index contributed by atoms with van der Waals surface area (Å²) in [6.45, 7) is 1.47. The molecule has 0 spiro atoms. The normalized spacial score (nSPS) is 11.6. The Hall–Kier alpha value is -3.13. The van der Waals surface area contributed by atoms with Crippen LogP contribution in [0.5, 0.6) is 5.75 Å². The fourth-order valence-electron chi connectivity index (χ4n) is 2.60. The lowest BCUT2D eigenvalue weighted by Crippen LogP contribution is -2.28. The van der Waals surface area contributed by atoms with E-state index in [0.717, 1.165) is 10.6 Å². The van der Waals surface area contributed by atoms with Crippen molar-refractivity contribution in [3.63, 3.8) is 0 Å². The molecule has 2 aromatic heterocycles. The van der Waals surface area contributed by atoms with Crippen molar-refractivity contribution in [2.24, 2.45) is 0 Å². The summed E-state index contributed by atoms with van der Waals surface area (Å²) in [5, 5.41) is 5.33. The zero-order valence-electron chi connectivity index (χ0n) is 15.5. The van der Waals surface area contributed by atoms with Crippen LogP contribution in [0.15, 0.2) is 52.5 Å². The summed E-state index contributed by atoms with van der Waals surface area (Å²) in [4.78, 5) is 28.2. The van der Waals surface area contributed by atoms with Crippen molar-refractivity contribution in [3.8, 4) is 16.5 Å². The van der Waals surface area contributed by atoms with Gasteiger partial charge in [-0.1, -0.05) is 12.1 Å². The quantitative estimate of drug-likeness (QED) is 0.580. The fourth-order valence-corrected chi connectivity index (χ4v) is 3.37. The predicted molar refractivity (Wildman–Crippen MR) is 104 cm³/mol. The first-order valence-corrected chi connectivity index (χ1v) is 9.48. The Labute approximate surface area is 166 Å². The highest BCUT2D eigenvalue weighted by molar-refractivity contribution is 7.13. The van der Waals surface area contributed by atoms with Crippen LogP contribution in [-0.4, -0.2) is 24.0 Å². The molecule has 0 saturated heterocycles. The van der Waals surface area contributed by atoms with Gasteiger partial charge in [-0.3, -0.25) is 9.59 Å². The average Bonchev–Trinajstić information content (AvgIpc) is 3.37. The maximum Gasteiger partial charge on any atom is 0.308 e. The van der Waals surface area contributed by atoms with E-state index in [1.54, 1.807) is 31.6 Å². The molecule has 28 heavy (non-hydrogen) atoms. The van der Waals surface area contributed by atoms with E-state index in [9.17, 15) is 9.59 Å². The Morgan fingerprint density at radius 1 is 1.25 bits per heavy atom. The number of nitrogens with zero attached hydrogens (tertiary/aromatic N) is 1. The molecule has 1 unspecified atom stereocenters. The first-order chi connectivity index (χ1) is 13.5. The summed E-state index contributed by atoms with van der Waals surface area (Å²) in [5.74, 6) is 0.718. The van der Waals surface area contributed by atoms with Crippen LogP contribution < -0.4 is 10.1 Å². The third-order valence-corrected chi connectivity index (χ3v) is 4.84. The van der Waals surface area contributed by atoms with Gasteiger partial charge < -0.3 is 19.2 Å². The Balaban J connectivity index is 1.59. The summed E-state index contributed by atoms with van der Waals surface area (Å²) in [6, 6.07) is 10.3. The van der Waals surface area contributed by atoms with Gasteiger partial charge in [-0.05, 0) is 29.8 Å². The fraction of sp³-hybridized carbons (Fsp3) is 0.250. The molecular weight excluding hydrogens is 380 g/mol. The minimum atomic E-state index is -0.481. The molecule has 0 aliphatic carbocycles. The molecule has 1 amide bonds. The van der Waals surface area contributed by atoms with Gasteiger partial charge in [0, 0.05) is 12.3 Å². The molecule has 8 heteroatoms. The number of benzene rings is 1. The number of esters is 1. The molecule has 1 N–H and O–H groups in total. The highest BCUT2D eigenvalue weighted by atomic mass is 32.1. The number of carbonyl (C=O) groups excluding carboxylic acids is 2. The molecule has 0 aliphatic heterocycles. The molecular formula is C20H20N2O5S. The summed E-state index contributed by atoms with van der Waals surface area (Å²) in [5.41, 5.74) is 1.44. The van der Waals surface area contributed by atoms with Crippen LogP contribution in [0.4, 0.5) is 0 Å². The maximum absolute atomic E-state index is 12.3.